The molecule has 1 N–H and O–H groups in total. The van der Waals surface area contributed by atoms with Crippen LogP contribution in [-0.2, 0) is 0 Å². The van der Waals surface area contributed by atoms with E-state index in [1.165, 1.54) is 0 Å². The largest absolute Gasteiger partial charge is 0.319 e. The van der Waals surface area contributed by atoms with Gasteiger partial charge in [-0.25, -0.2) is 8.78 Å². The summed E-state index contributed by atoms with van der Waals surface area (Å²) in [5.41, 5.74) is 0. The Labute approximate surface area is 78.3 Å². The van der Waals surface area contributed by atoms with E-state index in [4.69, 9.17) is 0 Å². The lowest BCUT2D eigenvalue weighted by Crippen LogP contribution is -2.43. The maximum Gasteiger partial charge on any atom is 0.319 e. The van der Waals surface area contributed by atoms with Crippen LogP contribution < -0.4 is 5.32 Å². The van der Waals surface area contributed by atoms with E-state index in [9.17, 15) is 17.6 Å². The van der Waals surface area contributed by atoms with Crippen LogP contribution in [0.4, 0.5) is 17.6 Å². The molecule has 1 unspecified atom stereocenters. The molecule has 0 aromatic carbocycles. The molecule has 0 aromatic rings. The molecule has 1 nitrogen and oxygen atoms in total. The first kappa shape index (κ1) is 11.1. The van der Waals surface area contributed by atoms with Crippen LogP contribution >= 0.6 is 11.8 Å². The molecule has 1 fully saturated rings. The fraction of sp³-hybridized carbons (Fsp3) is 1.00. The van der Waals surface area contributed by atoms with Crippen LogP contribution in [-0.4, -0.2) is 36.4 Å². The van der Waals surface area contributed by atoms with E-state index in [0.29, 0.717) is 0 Å². The second-order valence-electron chi connectivity index (χ2n) is 3.00. The third kappa shape index (κ3) is 3.34. The summed E-state index contributed by atoms with van der Waals surface area (Å²) < 4.78 is 48.1. The zero-order chi connectivity index (χ0) is 9.90. The number of thioether (sulfide) groups is 1. The SMILES string of the molecule is FC(F)C(F)(F)CNC1CCSC1. The smallest absolute Gasteiger partial charge is 0.307 e. The van der Waals surface area contributed by atoms with E-state index >= 15 is 0 Å². The number of rotatable bonds is 4. The Hall–Kier alpha value is 0.0300. The van der Waals surface area contributed by atoms with Gasteiger partial charge in [0.15, 0.2) is 0 Å². The summed E-state index contributed by atoms with van der Waals surface area (Å²) >= 11 is 1.65. The van der Waals surface area contributed by atoms with E-state index < -0.39 is 18.9 Å². The summed E-state index contributed by atoms with van der Waals surface area (Å²) in [6.45, 7) is -0.921. The normalized spacial score (nSPS) is 24.2. The number of hydrogen-bond donors (Lipinski definition) is 1. The quantitative estimate of drug-likeness (QED) is 0.723. The first-order valence-electron chi connectivity index (χ1n) is 3.99. The van der Waals surface area contributed by atoms with Crippen molar-refractivity contribution in [2.45, 2.75) is 24.8 Å². The zero-order valence-electron chi connectivity index (χ0n) is 6.90. The Morgan fingerprint density at radius 2 is 2.15 bits per heavy atom. The molecule has 0 radical (unpaired) electrons. The first-order chi connectivity index (χ1) is 6.02. The van der Waals surface area contributed by atoms with Gasteiger partial charge in [-0.2, -0.15) is 20.5 Å². The summed E-state index contributed by atoms with van der Waals surface area (Å²) in [6, 6.07) is -0.0328. The molecule has 1 saturated heterocycles. The zero-order valence-corrected chi connectivity index (χ0v) is 7.72. The fourth-order valence-corrected chi connectivity index (χ4v) is 2.24. The molecular weight excluding hydrogens is 206 g/mol. The standard InChI is InChI=1S/C7H11F4NS/c8-6(9)7(10,11)4-12-5-1-2-13-3-5/h5-6,12H,1-4H2. The highest BCUT2D eigenvalue weighted by Crippen LogP contribution is 2.23. The minimum Gasteiger partial charge on any atom is -0.307 e. The van der Waals surface area contributed by atoms with Gasteiger partial charge in [-0.15, -0.1) is 0 Å². The van der Waals surface area contributed by atoms with Crippen LogP contribution in [0.25, 0.3) is 0 Å². The van der Waals surface area contributed by atoms with E-state index in [1.54, 1.807) is 11.8 Å². The van der Waals surface area contributed by atoms with E-state index in [0.717, 1.165) is 17.9 Å². The second-order valence-corrected chi connectivity index (χ2v) is 4.15. The van der Waals surface area contributed by atoms with E-state index in [-0.39, 0.29) is 6.04 Å². The molecule has 0 aliphatic carbocycles. The molecule has 1 atom stereocenters. The van der Waals surface area contributed by atoms with Gasteiger partial charge in [-0.3, -0.25) is 0 Å². The topological polar surface area (TPSA) is 12.0 Å². The second kappa shape index (κ2) is 4.50. The maximum atomic E-state index is 12.4. The van der Waals surface area contributed by atoms with Gasteiger partial charge in [0.1, 0.15) is 0 Å². The van der Waals surface area contributed by atoms with Crippen molar-refractivity contribution >= 4 is 11.8 Å². The third-order valence-corrected chi connectivity index (χ3v) is 3.04. The van der Waals surface area contributed by atoms with Crippen molar-refractivity contribution in [2.75, 3.05) is 18.1 Å². The Morgan fingerprint density at radius 3 is 2.62 bits per heavy atom. The van der Waals surface area contributed by atoms with E-state index in [2.05, 4.69) is 5.32 Å². The number of hydrogen-bond acceptors (Lipinski definition) is 2. The van der Waals surface area contributed by atoms with Crippen molar-refractivity contribution in [3.8, 4) is 0 Å². The molecule has 13 heavy (non-hydrogen) atoms. The molecule has 1 rings (SSSR count). The molecule has 0 aromatic heterocycles. The average Bonchev–Trinajstić information content (AvgIpc) is 2.52. The molecule has 1 aliphatic rings. The lowest BCUT2D eigenvalue weighted by molar-refractivity contribution is -0.126. The monoisotopic (exact) mass is 217 g/mol. The van der Waals surface area contributed by atoms with Crippen LogP contribution in [0, 0.1) is 0 Å². The Bertz CT molecular complexity index is 159. The van der Waals surface area contributed by atoms with Crippen LogP contribution in [0.2, 0.25) is 0 Å². The average molecular weight is 217 g/mol. The van der Waals surface area contributed by atoms with Gasteiger partial charge in [-0.05, 0) is 12.2 Å². The van der Waals surface area contributed by atoms with Crippen molar-refractivity contribution in [2.24, 2.45) is 0 Å². The summed E-state index contributed by atoms with van der Waals surface area (Å²) in [5, 5.41) is 2.45. The van der Waals surface area contributed by atoms with Gasteiger partial charge < -0.3 is 5.32 Å². The van der Waals surface area contributed by atoms with Crippen LogP contribution in [0.1, 0.15) is 6.42 Å². The Morgan fingerprint density at radius 1 is 1.46 bits per heavy atom. The van der Waals surface area contributed by atoms with Crippen LogP contribution in [0.5, 0.6) is 0 Å². The molecule has 0 bridgehead atoms. The van der Waals surface area contributed by atoms with Gasteiger partial charge in [-0.1, -0.05) is 0 Å². The predicted octanol–water partition coefficient (Wildman–Crippen LogP) is 1.98. The molecule has 6 heteroatoms. The fourth-order valence-electron chi connectivity index (χ4n) is 1.05. The highest BCUT2D eigenvalue weighted by molar-refractivity contribution is 7.99. The minimum absolute atomic E-state index is 0.0328. The van der Waals surface area contributed by atoms with Gasteiger partial charge in [0.2, 0.25) is 0 Å². The molecule has 78 valence electrons. The molecule has 0 amide bonds. The van der Waals surface area contributed by atoms with Crippen molar-refractivity contribution in [3.05, 3.63) is 0 Å². The number of alkyl halides is 4. The van der Waals surface area contributed by atoms with Crippen molar-refractivity contribution in [1.82, 2.24) is 5.32 Å². The highest BCUT2D eigenvalue weighted by Gasteiger charge is 2.40. The van der Waals surface area contributed by atoms with Crippen molar-refractivity contribution < 1.29 is 17.6 Å². The molecule has 0 saturated carbocycles. The summed E-state index contributed by atoms with van der Waals surface area (Å²) in [5.74, 6) is -2.25. The van der Waals surface area contributed by atoms with Gasteiger partial charge in [0.05, 0.1) is 6.54 Å². The predicted molar refractivity (Wildman–Crippen MR) is 44.7 cm³/mol. The highest BCUT2D eigenvalue weighted by atomic mass is 32.2. The summed E-state index contributed by atoms with van der Waals surface area (Å²) in [4.78, 5) is 0. The molecule has 1 heterocycles. The molecule has 1 aliphatic heterocycles. The van der Waals surface area contributed by atoms with Crippen molar-refractivity contribution in [3.63, 3.8) is 0 Å². The number of nitrogens with one attached hydrogen (secondary N) is 1. The van der Waals surface area contributed by atoms with Crippen LogP contribution in [0.3, 0.4) is 0 Å². The van der Waals surface area contributed by atoms with Gasteiger partial charge in [0, 0.05) is 11.8 Å². The summed E-state index contributed by atoms with van der Waals surface area (Å²) in [7, 11) is 0. The Kier molecular flexibility index (Phi) is 3.85. The van der Waals surface area contributed by atoms with Crippen LogP contribution in [0.15, 0.2) is 0 Å². The lowest BCUT2D eigenvalue weighted by Gasteiger charge is -2.18. The first-order valence-corrected chi connectivity index (χ1v) is 5.15. The van der Waals surface area contributed by atoms with Gasteiger partial charge >= 0.3 is 12.3 Å². The third-order valence-electron chi connectivity index (χ3n) is 1.88. The molecular formula is C7H11F4NS. The van der Waals surface area contributed by atoms with E-state index in [1.807, 2.05) is 0 Å². The molecule has 0 spiro atoms. The Balaban J connectivity index is 2.24. The van der Waals surface area contributed by atoms with Gasteiger partial charge in [0.25, 0.3) is 0 Å². The summed E-state index contributed by atoms with van der Waals surface area (Å²) in [6.07, 6.45) is -2.79. The van der Waals surface area contributed by atoms with Crippen molar-refractivity contribution in [1.29, 1.82) is 0 Å². The number of halogens is 4. The lowest BCUT2D eigenvalue weighted by atomic mass is 10.2. The maximum absolute atomic E-state index is 12.4. The minimum atomic E-state index is -3.90.